The predicted molar refractivity (Wildman–Crippen MR) is 155 cm³/mol. The molecule has 2 N–H and O–H groups in total. The van der Waals surface area contributed by atoms with E-state index in [9.17, 15) is 9.59 Å². The summed E-state index contributed by atoms with van der Waals surface area (Å²) in [5.41, 5.74) is 4.02. The van der Waals surface area contributed by atoms with E-state index in [0.29, 0.717) is 25.7 Å². The van der Waals surface area contributed by atoms with Crippen LogP contribution in [0.1, 0.15) is 69.1 Å². The maximum Gasteiger partial charge on any atom is 0.246 e. The maximum atomic E-state index is 14.1. The number of hydrogen-bond acceptors (Lipinski definition) is 7. The Bertz CT molecular complexity index is 1320. The summed E-state index contributed by atoms with van der Waals surface area (Å²) in [7, 11) is 1.75. The number of para-hydroxylation sites is 1. The molecule has 4 heterocycles. The van der Waals surface area contributed by atoms with Gasteiger partial charge in [0.05, 0.1) is 23.3 Å². The van der Waals surface area contributed by atoms with Gasteiger partial charge in [-0.3, -0.25) is 14.6 Å². The molecule has 2 aliphatic heterocycles. The zero-order valence-electron chi connectivity index (χ0n) is 23.3. The standard InChI is InChI=1S/C30H39N5O3S/c1-18(2)24-16-22(21-8-5-6-9-23(21)32-24)25-17-39-29(33-25)26-10-7-13-35(26)30(37)27(20-11-14-38-15-12-20)34-28(36)19(3)31-4/h5-6,8-9,16-20,26-27,31H,7,10-15H2,1-4H3,(H,34,36)/t19-,26-,27-/m0/s1. The molecule has 1 aromatic carbocycles. The number of fused-ring (bicyclic) bond motifs is 1. The minimum Gasteiger partial charge on any atom is -0.381 e. The third kappa shape index (κ3) is 5.85. The Morgan fingerprint density at radius 1 is 1.10 bits per heavy atom. The number of aromatic nitrogens is 2. The molecule has 2 saturated heterocycles. The van der Waals surface area contributed by atoms with E-state index < -0.39 is 6.04 Å². The van der Waals surface area contributed by atoms with E-state index in [1.54, 1.807) is 18.4 Å². The van der Waals surface area contributed by atoms with Crippen molar-refractivity contribution in [3.8, 4) is 11.3 Å². The normalized spacial score (nSPS) is 19.9. The first kappa shape index (κ1) is 27.7. The van der Waals surface area contributed by atoms with Crippen LogP contribution in [0.5, 0.6) is 0 Å². The summed E-state index contributed by atoms with van der Waals surface area (Å²) in [5.74, 6) is 0.205. The van der Waals surface area contributed by atoms with Crippen molar-refractivity contribution >= 4 is 34.1 Å². The van der Waals surface area contributed by atoms with Gasteiger partial charge in [0.25, 0.3) is 0 Å². The third-order valence-electron chi connectivity index (χ3n) is 8.07. The molecule has 0 unspecified atom stereocenters. The number of rotatable bonds is 8. The fourth-order valence-corrected chi connectivity index (χ4v) is 6.54. The molecule has 0 spiro atoms. The van der Waals surface area contributed by atoms with Gasteiger partial charge in [-0.05, 0) is 63.6 Å². The zero-order valence-corrected chi connectivity index (χ0v) is 24.1. The molecular formula is C30H39N5O3S. The lowest BCUT2D eigenvalue weighted by Crippen LogP contribution is -2.56. The number of amides is 2. The van der Waals surface area contributed by atoms with Crippen molar-refractivity contribution in [3.05, 3.63) is 46.4 Å². The van der Waals surface area contributed by atoms with Crippen LogP contribution >= 0.6 is 11.3 Å². The van der Waals surface area contributed by atoms with Crippen molar-refractivity contribution < 1.29 is 14.3 Å². The number of carbonyl (C=O) groups is 2. The van der Waals surface area contributed by atoms with Crippen LogP contribution in [0.3, 0.4) is 0 Å². The second-order valence-corrected chi connectivity index (χ2v) is 11.9. The lowest BCUT2D eigenvalue weighted by atomic mass is 9.90. The van der Waals surface area contributed by atoms with Crippen molar-refractivity contribution in [2.45, 2.75) is 70.5 Å². The highest BCUT2D eigenvalue weighted by molar-refractivity contribution is 7.10. The fraction of sp³-hybridized carbons (Fsp3) is 0.533. The van der Waals surface area contributed by atoms with Gasteiger partial charge in [0.1, 0.15) is 11.0 Å². The number of ether oxygens (including phenoxy) is 1. The van der Waals surface area contributed by atoms with Gasteiger partial charge in [-0.25, -0.2) is 4.98 Å². The minimum absolute atomic E-state index is 0.00532. The molecule has 3 aromatic rings. The number of pyridine rings is 1. The quantitative estimate of drug-likeness (QED) is 0.424. The molecule has 39 heavy (non-hydrogen) atoms. The summed E-state index contributed by atoms with van der Waals surface area (Å²) >= 11 is 1.61. The van der Waals surface area contributed by atoms with Crippen LogP contribution in [-0.2, 0) is 14.3 Å². The molecule has 2 aliphatic rings. The van der Waals surface area contributed by atoms with Crippen LogP contribution in [0.15, 0.2) is 35.7 Å². The molecule has 2 fully saturated rings. The largest absolute Gasteiger partial charge is 0.381 e. The van der Waals surface area contributed by atoms with Crippen molar-refractivity contribution in [2.24, 2.45) is 5.92 Å². The Balaban J connectivity index is 1.43. The highest BCUT2D eigenvalue weighted by atomic mass is 32.1. The number of benzene rings is 1. The molecule has 9 heteroatoms. The molecule has 208 valence electrons. The number of nitrogens with one attached hydrogen (secondary N) is 2. The van der Waals surface area contributed by atoms with Crippen LogP contribution in [0, 0.1) is 5.92 Å². The third-order valence-corrected chi connectivity index (χ3v) is 9.02. The first-order valence-corrected chi connectivity index (χ1v) is 15.0. The SMILES string of the molecule is CN[C@@H](C)C(=O)N[C@H](C(=O)N1CCC[C@H]1c1nc(-c2cc(C(C)C)nc3ccccc23)cs1)C1CCOCC1. The van der Waals surface area contributed by atoms with Crippen molar-refractivity contribution in [1.29, 1.82) is 0 Å². The lowest BCUT2D eigenvalue weighted by Gasteiger charge is -2.35. The van der Waals surface area contributed by atoms with E-state index in [1.807, 2.05) is 24.0 Å². The topological polar surface area (TPSA) is 96.5 Å². The lowest BCUT2D eigenvalue weighted by molar-refractivity contribution is -0.140. The highest BCUT2D eigenvalue weighted by Crippen LogP contribution is 2.38. The van der Waals surface area contributed by atoms with Gasteiger partial charge < -0.3 is 20.3 Å². The minimum atomic E-state index is -0.560. The number of nitrogens with zero attached hydrogens (tertiary/aromatic N) is 3. The number of likely N-dealkylation sites (tertiary alicyclic amines) is 1. The van der Waals surface area contributed by atoms with E-state index in [2.05, 4.69) is 48.1 Å². The number of thiazole rings is 1. The molecule has 0 bridgehead atoms. The van der Waals surface area contributed by atoms with Gasteiger partial charge in [-0.1, -0.05) is 32.0 Å². The Morgan fingerprint density at radius 2 is 1.87 bits per heavy atom. The Morgan fingerprint density at radius 3 is 2.62 bits per heavy atom. The van der Waals surface area contributed by atoms with E-state index in [-0.39, 0.29) is 29.8 Å². The van der Waals surface area contributed by atoms with Gasteiger partial charge >= 0.3 is 0 Å². The van der Waals surface area contributed by atoms with Crippen molar-refractivity contribution in [2.75, 3.05) is 26.8 Å². The first-order valence-electron chi connectivity index (χ1n) is 14.1. The fourth-order valence-electron chi connectivity index (χ4n) is 5.57. The summed E-state index contributed by atoms with van der Waals surface area (Å²) in [6, 6.07) is 9.33. The molecule has 0 saturated carbocycles. The monoisotopic (exact) mass is 549 g/mol. The Labute approximate surface area is 234 Å². The van der Waals surface area contributed by atoms with Crippen LogP contribution < -0.4 is 10.6 Å². The summed E-state index contributed by atoms with van der Waals surface area (Å²) in [6.07, 6.45) is 3.31. The highest BCUT2D eigenvalue weighted by Gasteiger charge is 2.40. The molecule has 5 rings (SSSR count). The summed E-state index contributed by atoms with van der Waals surface area (Å²) < 4.78 is 5.55. The molecule has 0 aliphatic carbocycles. The van der Waals surface area contributed by atoms with Crippen molar-refractivity contribution in [3.63, 3.8) is 0 Å². The van der Waals surface area contributed by atoms with Crippen LogP contribution in [0.2, 0.25) is 0 Å². The first-order chi connectivity index (χ1) is 18.9. The maximum absolute atomic E-state index is 14.1. The van der Waals surface area contributed by atoms with Crippen LogP contribution in [-0.4, -0.2) is 65.6 Å². The van der Waals surface area contributed by atoms with Gasteiger partial charge in [0.2, 0.25) is 11.8 Å². The number of hydrogen-bond donors (Lipinski definition) is 2. The number of carbonyl (C=O) groups excluding carboxylic acids is 2. The van der Waals surface area contributed by atoms with Crippen molar-refractivity contribution in [1.82, 2.24) is 25.5 Å². The molecule has 2 amide bonds. The van der Waals surface area contributed by atoms with E-state index >= 15 is 0 Å². The van der Waals surface area contributed by atoms with Gasteiger partial charge in [0.15, 0.2) is 0 Å². The molecule has 8 nitrogen and oxygen atoms in total. The van der Waals surface area contributed by atoms with E-state index in [4.69, 9.17) is 14.7 Å². The summed E-state index contributed by atoms with van der Waals surface area (Å²) in [6.45, 7) is 8.02. The van der Waals surface area contributed by atoms with E-state index in [0.717, 1.165) is 58.5 Å². The predicted octanol–water partition coefficient (Wildman–Crippen LogP) is 4.66. The van der Waals surface area contributed by atoms with Gasteiger partial charge in [-0.2, -0.15) is 0 Å². The van der Waals surface area contributed by atoms with Gasteiger partial charge in [-0.15, -0.1) is 11.3 Å². The second kappa shape index (κ2) is 12.1. The smallest absolute Gasteiger partial charge is 0.246 e. The Kier molecular flexibility index (Phi) is 8.59. The summed E-state index contributed by atoms with van der Waals surface area (Å²) in [4.78, 5) is 38.8. The zero-order chi connectivity index (χ0) is 27.5. The van der Waals surface area contributed by atoms with Crippen LogP contribution in [0.25, 0.3) is 22.2 Å². The average molecular weight is 550 g/mol. The molecule has 0 radical (unpaired) electrons. The van der Waals surface area contributed by atoms with E-state index in [1.165, 1.54) is 0 Å². The van der Waals surface area contributed by atoms with Gasteiger partial charge in [0, 0.05) is 41.8 Å². The molecule has 2 aromatic heterocycles. The Hall–Kier alpha value is -2.88. The number of likely N-dealkylation sites (N-methyl/N-ethyl adjacent to an activating group) is 1. The second-order valence-electron chi connectivity index (χ2n) is 11.0. The molecular weight excluding hydrogens is 510 g/mol. The summed E-state index contributed by atoms with van der Waals surface area (Å²) in [5, 5.41) is 10.2. The van der Waals surface area contributed by atoms with Crippen LogP contribution in [0.4, 0.5) is 0 Å². The molecule has 3 atom stereocenters. The average Bonchev–Trinajstić information content (AvgIpc) is 3.65.